The fraction of sp³-hybridized carbons (Fsp3) is 0.333. The van der Waals surface area contributed by atoms with Crippen molar-refractivity contribution in [3.63, 3.8) is 0 Å². The number of hydrogen-bond acceptors (Lipinski definition) is 3. The highest BCUT2D eigenvalue weighted by molar-refractivity contribution is 5.85. The zero-order valence-electron chi connectivity index (χ0n) is 12.6. The summed E-state index contributed by atoms with van der Waals surface area (Å²) in [6, 6.07) is 20.1. The Kier molecular flexibility index (Phi) is 5.98. The molecule has 0 aromatic heterocycles. The van der Waals surface area contributed by atoms with Crippen LogP contribution in [0, 0.1) is 0 Å². The molecule has 0 spiro atoms. The largest absolute Gasteiger partial charge is 0.374 e. The molecule has 2 aromatic carbocycles. The maximum atomic E-state index is 10.7. The maximum absolute atomic E-state index is 10.7. The second kappa shape index (κ2) is 7.75. The van der Waals surface area contributed by atoms with Gasteiger partial charge in [0, 0.05) is 12.6 Å². The van der Waals surface area contributed by atoms with Gasteiger partial charge in [0.2, 0.25) is 0 Å². The molecule has 0 radical (unpaired) electrons. The van der Waals surface area contributed by atoms with E-state index in [1.54, 1.807) is 0 Å². The minimum absolute atomic E-state index is 0. The van der Waals surface area contributed by atoms with Crippen LogP contribution in [0.15, 0.2) is 60.7 Å². The number of benzene rings is 2. The highest BCUT2D eigenvalue weighted by Crippen LogP contribution is 2.32. The Bertz CT molecular complexity index is 564. The van der Waals surface area contributed by atoms with Crippen molar-refractivity contribution in [3.05, 3.63) is 71.8 Å². The van der Waals surface area contributed by atoms with E-state index in [-0.39, 0.29) is 24.6 Å². The summed E-state index contributed by atoms with van der Waals surface area (Å²) < 4.78 is 5.94. The molecule has 0 aliphatic carbocycles. The number of nitrogens with zero attached hydrogens (tertiary/aromatic N) is 1. The molecule has 3 rings (SSSR count). The Morgan fingerprint density at radius 2 is 1.64 bits per heavy atom. The van der Waals surface area contributed by atoms with Crippen LogP contribution < -0.4 is 0 Å². The van der Waals surface area contributed by atoms with Gasteiger partial charge < -0.3 is 9.84 Å². The lowest BCUT2D eigenvalue weighted by atomic mass is 9.99. The Balaban J connectivity index is 0.00000176. The first-order chi connectivity index (χ1) is 10.3. The van der Waals surface area contributed by atoms with Crippen molar-refractivity contribution in [2.75, 3.05) is 13.2 Å². The third kappa shape index (κ3) is 3.50. The molecule has 118 valence electrons. The van der Waals surface area contributed by atoms with Gasteiger partial charge in [-0.15, -0.1) is 12.4 Å². The number of morpholine rings is 1. The van der Waals surface area contributed by atoms with Gasteiger partial charge >= 0.3 is 0 Å². The number of rotatable bonds is 3. The van der Waals surface area contributed by atoms with E-state index in [0.717, 1.165) is 17.7 Å². The van der Waals surface area contributed by atoms with Crippen LogP contribution in [0.3, 0.4) is 0 Å². The smallest absolute Gasteiger partial charge is 0.133 e. The molecular formula is C18H22ClNO2. The van der Waals surface area contributed by atoms with Crippen LogP contribution in [-0.2, 0) is 4.74 Å². The lowest BCUT2D eigenvalue weighted by Crippen LogP contribution is -2.47. The van der Waals surface area contributed by atoms with Gasteiger partial charge in [-0.1, -0.05) is 60.7 Å². The fourth-order valence-corrected chi connectivity index (χ4v) is 2.98. The maximum Gasteiger partial charge on any atom is 0.133 e. The van der Waals surface area contributed by atoms with Crippen LogP contribution in [0.4, 0.5) is 0 Å². The van der Waals surface area contributed by atoms with Crippen molar-refractivity contribution in [1.29, 1.82) is 0 Å². The third-order valence-corrected chi connectivity index (χ3v) is 4.15. The molecule has 4 heteroatoms. The van der Waals surface area contributed by atoms with E-state index in [0.29, 0.717) is 6.61 Å². The number of hydrogen-bond donors (Lipinski definition) is 1. The van der Waals surface area contributed by atoms with Gasteiger partial charge in [-0.05, 0) is 18.1 Å². The summed E-state index contributed by atoms with van der Waals surface area (Å²) in [6.45, 7) is 3.48. The predicted octanol–water partition coefficient (Wildman–Crippen LogP) is 3.56. The topological polar surface area (TPSA) is 32.7 Å². The molecule has 0 saturated carbocycles. The molecule has 3 nitrogen and oxygen atoms in total. The van der Waals surface area contributed by atoms with E-state index in [4.69, 9.17) is 4.74 Å². The summed E-state index contributed by atoms with van der Waals surface area (Å²) in [4.78, 5) is 2.11. The van der Waals surface area contributed by atoms with E-state index in [2.05, 4.69) is 24.0 Å². The van der Waals surface area contributed by atoms with Crippen LogP contribution in [-0.4, -0.2) is 29.2 Å². The SMILES string of the molecule is C[C@@H]1[C@H](c2ccccc2)OCCN1[C@H](O)c1ccccc1.Cl. The van der Waals surface area contributed by atoms with Crippen molar-refractivity contribution in [2.45, 2.75) is 25.3 Å². The second-order valence-corrected chi connectivity index (χ2v) is 5.46. The van der Waals surface area contributed by atoms with Crippen LogP contribution >= 0.6 is 12.4 Å². The van der Waals surface area contributed by atoms with Crippen LogP contribution in [0.2, 0.25) is 0 Å². The van der Waals surface area contributed by atoms with E-state index in [1.807, 2.05) is 48.5 Å². The van der Waals surface area contributed by atoms with Gasteiger partial charge in [0.15, 0.2) is 0 Å². The Labute approximate surface area is 137 Å². The van der Waals surface area contributed by atoms with E-state index >= 15 is 0 Å². The predicted molar refractivity (Wildman–Crippen MR) is 90.0 cm³/mol. The fourth-order valence-electron chi connectivity index (χ4n) is 2.98. The van der Waals surface area contributed by atoms with Crippen LogP contribution in [0.1, 0.15) is 30.4 Å². The molecular weight excluding hydrogens is 298 g/mol. The Hall–Kier alpha value is -1.39. The lowest BCUT2D eigenvalue weighted by Gasteiger charge is -2.42. The lowest BCUT2D eigenvalue weighted by molar-refractivity contribution is -0.130. The Morgan fingerprint density at radius 3 is 2.27 bits per heavy atom. The minimum atomic E-state index is -0.587. The first kappa shape index (κ1) is 17.0. The monoisotopic (exact) mass is 319 g/mol. The summed E-state index contributed by atoms with van der Waals surface area (Å²) in [6.07, 6.45) is -0.588. The number of aliphatic hydroxyl groups excluding tert-OH is 1. The van der Waals surface area contributed by atoms with Crippen molar-refractivity contribution in [3.8, 4) is 0 Å². The van der Waals surface area contributed by atoms with Crippen molar-refractivity contribution < 1.29 is 9.84 Å². The highest BCUT2D eigenvalue weighted by Gasteiger charge is 2.33. The van der Waals surface area contributed by atoms with E-state index in [1.165, 1.54) is 0 Å². The summed E-state index contributed by atoms with van der Waals surface area (Å²) in [5.74, 6) is 0. The molecule has 0 amide bonds. The standard InChI is InChI=1S/C18H21NO2.ClH/c1-14-17(15-8-4-2-5-9-15)21-13-12-19(14)18(20)16-10-6-3-7-11-16;/h2-11,14,17-18,20H,12-13H2,1H3;1H/t14-,17-,18-;/m1./s1. The normalized spacial score (nSPS) is 23.5. The number of ether oxygens (including phenoxy) is 1. The molecule has 1 fully saturated rings. The van der Waals surface area contributed by atoms with Crippen LogP contribution in [0.5, 0.6) is 0 Å². The molecule has 1 aliphatic heterocycles. The van der Waals surface area contributed by atoms with Crippen molar-refractivity contribution >= 4 is 12.4 Å². The van der Waals surface area contributed by atoms with Gasteiger partial charge in [0.05, 0.1) is 12.7 Å². The summed E-state index contributed by atoms with van der Waals surface area (Å²) in [5, 5.41) is 10.7. The van der Waals surface area contributed by atoms with E-state index in [9.17, 15) is 5.11 Å². The molecule has 3 atom stereocenters. The first-order valence-corrected chi connectivity index (χ1v) is 7.42. The molecule has 2 aromatic rings. The molecule has 1 N–H and O–H groups in total. The molecule has 0 bridgehead atoms. The van der Waals surface area contributed by atoms with Crippen molar-refractivity contribution in [1.82, 2.24) is 4.90 Å². The summed E-state index contributed by atoms with van der Waals surface area (Å²) in [7, 11) is 0. The summed E-state index contributed by atoms with van der Waals surface area (Å²) in [5.41, 5.74) is 2.09. The van der Waals surface area contributed by atoms with E-state index < -0.39 is 6.23 Å². The third-order valence-electron chi connectivity index (χ3n) is 4.15. The summed E-state index contributed by atoms with van der Waals surface area (Å²) >= 11 is 0. The molecule has 22 heavy (non-hydrogen) atoms. The Morgan fingerprint density at radius 1 is 1.05 bits per heavy atom. The first-order valence-electron chi connectivity index (χ1n) is 7.42. The zero-order valence-corrected chi connectivity index (χ0v) is 13.4. The minimum Gasteiger partial charge on any atom is -0.374 e. The molecule has 1 saturated heterocycles. The average molecular weight is 320 g/mol. The molecule has 1 aliphatic rings. The van der Waals surface area contributed by atoms with Crippen molar-refractivity contribution in [2.24, 2.45) is 0 Å². The second-order valence-electron chi connectivity index (χ2n) is 5.46. The quantitative estimate of drug-likeness (QED) is 0.939. The average Bonchev–Trinajstić information content (AvgIpc) is 2.56. The molecule has 1 heterocycles. The van der Waals surface area contributed by atoms with Gasteiger partial charge in [-0.25, -0.2) is 0 Å². The molecule has 0 unspecified atom stereocenters. The van der Waals surface area contributed by atoms with Gasteiger partial charge in [0.25, 0.3) is 0 Å². The van der Waals surface area contributed by atoms with Gasteiger partial charge in [-0.3, -0.25) is 4.90 Å². The van der Waals surface area contributed by atoms with Crippen LogP contribution in [0.25, 0.3) is 0 Å². The zero-order chi connectivity index (χ0) is 14.7. The van der Waals surface area contributed by atoms with Gasteiger partial charge in [0.1, 0.15) is 6.23 Å². The number of halogens is 1. The van der Waals surface area contributed by atoms with Gasteiger partial charge in [-0.2, -0.15) is 0 Å². The highest BCUT2D eigenvalue weighted by atomic mass is 35.5. The number of aliphatic hydroxyl groups is 1.